The topological polar surface area (TPSA) is 94.5 Å². The van der Waals surface area contributed by atoms with Crippen LogP contribution in [0.25, 0.3) is 11.2 Å². The molecule has 3 rings (SSSR count). The molecule has 0 bridgehead atoms. The molecular formula is C13H14ClN7. The first kappa shape index (κ1) is 13.6. The number of imidazole rings is 1. The van der Waals surface area contributed by atoms with Gasteiger partial charge in [-0.1, -0.05) is 6.07 Å². The fourth-order valence-corrected chi connectivity index (χ4v) is 2.17. The Morgan fingerprint density at radius 2 is 2.24 bits per heavy atom. The highest BCUT2D eigenvalue weighted by molar-refractivity contribution is 6.17. The normalized spacial score (nSPS) is 10.9. The van der Waals surface area contributed by atoms with Crippen molar-refractivity contribution >= 4 is 34.5 Å². The van der Waals surface area contributed by atoms with E-state index in [0.717, 1.165) is 5.56 Å². The first-order chi connectivity index (χ1) is 10.3. The van der Waals surface area contributed by atoms with E-state index in [1.54, 1.807) is 18.7 Å². The summed E-state index contributed by atoms with van der Waals surface area (Å²) in [6.45, 7) is 1.19. The van der Waals surface area contributed by atoms with Crippen LogP contribution in [0.1, 0.15) is 5.56 Å². The van der Waals surface area contributed by atoms with Crippen molar-refractivity contribution in [2.75, 3.05) is 16.9 Å². The minimum absolute atomic E-state index is 0.349. The number of hydrogen-bond donors (Lipinski definition) is 2. The number of rotatable bonds is 5. The molecule has 0 aliphatic rings. The standard InChI is InChI=1S/C13H14ClN7/c14-3-5-21-8-18-10-11(15)19-13(20-12(10)21)17-7-9-2-1-4-16-6-9/h1-2,4,6,8H,3,5,7H2,(H3,15,17,19,20). The van der Waals surface area contributed by atoms with Crippen molar-refractivity contribution in [2.24, 2.45) is 0 Å². The van der Waals surface area contributed by atoms with Gasteiger partial charge in [0.25, 0.3) is 0 Å². The smallest absolute Gasteiger partial charge is 0.227 e. The average molecular weight is 304 g/mol. The summed E-state index contributed by atoms with van der Waals surface area (Å²) in [6.07, 6.45) is 5.18. The van der Waals surface area contributed by atoms with Crippen LogP contribution in [0.5, 0.6) is 0 Å². The Labute approximate surface area is 126 Å². The van der Waals surface area contributed by atoms with Crippen molar-refractivity contribution in [2.45, 2.75) is 13.1 Å². The number of nitrogen functional groups attached to an aromatic ring is 1. The third-order valence-electron chi connectivity index (χ3n) is 2.99. The third kappa shape index (κ3) is 2.87. The summed E-state index contributed by atoms with van der Waals surface area (Å²) in [6, 6.07) is 3.85. The molecule has 0 radical (unpaired) electrons. The van der Waals surface area contributed by atoms with Gasteiger partial charge in [0.1, 0.15) is 5.52 Å². The van der Waals surface area contributed by atoms with Crippen LogP contribution in [0.3, 0.4) is 0 Å². The number of fused-ring (bicyclic) bond motifs is 1. The number of pyridine rings is 1. The number of aromatic nitrogens is 5. The van der Waals surface area contributed by atoms with Gasteiger partial charge in [-0.25, -0.2) is 4.98 Å². The van der Waals surface area contributed by atoms with Gasteiger partial charge in [-0.15, -0.1) is 11.6 Å². The van der Waals surface area contributed by atoms with Crippen LogP contribution in [0.2, 0.25) is 0 Å². The van der Waals surface area contributed by atoms with Crippen molar-refractivity contribution in [3.05, 3.63) is 36.4 Å². The Morgan fingerprint density at radius 1 is 1.33 bits per heavy atom. The van der Waals surface area contributed by atoms with Crippen LogP contribution in [0, 0.1) is 0 Å². The molecule has 7 nitrogen and oxygen atoms in total. The van der Waals surface area contributed by atoms with Gasteiger partial charge in [0, 0.05) is 31.4 Å². The molecule has 21 heavy (non-hydrogen) atoms. The average Bonchev–Trinajstić information content (AvgIpc) is 2.90. The first-order valence-corrected chi connectivity index (χ1v) is 6.98. The summed E-state index contributed by atoms with van der Waals surface area (Å²) < 4.78 is 1.86. The molecule has 0 unspecified atom stereocenters. The van der Waals surface area contributed by atoms with E-state index in [1.165, 1.54) is 0 Å². The molecule has 8 heteroatoms. The van der Waals surface area contributed by atoms with Crippen LogP contribution in [0.4, 0.5) is 11.8 Å². The fraction of sp³-hybridized carbons (Fsp3) is 0.231. The Balaban J connectivity index is 1.87. The van der Waals surface area contributed by atoms with Crippen LogP contribution in [-0.2, 0) is 13.1 Å². The number of alkyl halides is 1. The summed E-state index contributed by atoms with van der Waals surface area (Å²) in [5.74, 6) is 1.29. The van der Waals surface area contributed by atoms with Gasteiger partial charge in [-0.3, -0.25) is 4.98 Å². The maximum atomic E-state index is 5.92. The lowest BCUT2D eigenvalue weighted by Gasteiger charge is -2.07. The van der Waals surface area contributed by atoms with Crippen molar-refractivity contribution in [3.8, 4) is 0 Å². The van der Waals surface area contributed by atoms with Crippen LogP contribution < -0.4 is 11.1 Å². The predicted molar refractivity (Wildman–Crippen MR) is 82.0 cm³/mol. The molecule has 0 saturated carbocycles. The van der Waals surface area contributed by atoms with Crippen LogP contribution in [-0.4, -0.2) is 30.4 Å². The molecule has 3 N–H and O–H groups in total. The van der Waals surface area contributed by atoms with E-state index in [2.05, 4.69) is 25.3 Å². The highest BCUT2D eigenvalue weighted by atomic mass is 35.5. The lowest BCUT2D eigenvalue weighted by atomic mass is 10.3. The summed E-state index contributed by atoms with van der Waals surface area (Å²) >= 11 is 5.77. The van der Waals surface area contributed by atoms with Gasteiger partial charge in [0.05, 0.1) is 6.33 Å². The van der Waals surface area contributed by atoms with Gasteiger partial charge in [0.2, 0.25) is 5.95 Å². The Morgan fingerprint density at radius 3 is 3.00 bits per heavy atom. The van der Waals surface area contributed by atoms with Gasteiger partial charge >= 0.3 is 0 Å². The number of nitrogens with two attached hydrogens (primary N) is 1. The van der Waals surface area contributed by atoms with Gasteiger partial charge in [-0.05, 0) is 11.6 Å². The molecule has 3 aromatic rings. The first-order valence-electron chi connectivity index (χ1n) is 6.45. The Kier molecular flexibility index (Phi) is 3.83. The minimum Gasteiger partial charge on any atom is -0.382 e. The molecule has 0 atom stereocenters. The number of hydrogen-bond acceptors (Lipinski definition) is 6. The summed E-state index contributed by atoms with van der Waals surface area (Å²) in [5.41, 5.74) is 8.23. The molecule has 0 fully saturated rings. The highest BCUT2D eigenvalue weighted by Gasteiger charge is 2.10. The lowest BCUT2D eigenvalue weighted by molar-refractivity contribution is 0.783. The molecular weight excluding hydrogens is 290 g/mol. The number of nitrogens with zero attached hydrogens (tertiary/aromatic N) is 5. The zero-order valence-corrected chi connectivity index (χ0v) is 12.0. The predicted octanol–water partition coefficient (Wildman–Crippen LogP) is 1.65. The molecule has 3 heterocycles. The fourth-order valence-electron chi connectivity index (χ4n) is 1.98. The SMILES string of the molecule is Nc1nc(NCc2cccnc2)nc2c1ncn2CCCl. The number of halogens is 1. The van der Waals surface area contributed by atoms with Gasteiger partial charge in [0.15, 0.2) is 11.5 Å². The molecule has 0 saturated heterocycles. The second-order valence-corrected chi connectivity index (χ2v) is 4.82. The number of anilines is 2. The third-order valence-corrected chi connectivity index (χ3v) is 3.16. The van der Waals surface area contributed by atoms with E-state index >= 15 is 0 Å². The van der Waals surface area contributed by atoms with Gasteiger partial charge < -0.3 is 15.6 Å². The summed E-state index contributed by atoms with van der Waals surface area (Å²) in [4.78, 5) is 16.9. The number of nitrogens with one attached hydrogen (secondary N) is 1. The van der Waals surface area contributed by atoms with E-state index in [1.807, 2.05) is 16.7 Å². The summed E-state index contributed by atoms with van der Waals surface area (Å²) in [7, 11) is 0. The van der Waals surface area contributed by atoms with Crippen LogP contribution in [0.15, 0.2) is 30.9 Å². The molecule has 0 amide bonds. The maximum Gasteiger partial charge on any atom is 0.227 e. The highest BCUT2D eigenvalue weighted by Crippen LogP contribution is 2.18. The zero-order valence-electron chi connectivity index (χ0n) is 11.2. The second-order valence-electron chi connectivity index (χ2n) is 4.45. The monoisotopic (exact) mass is 303 g/mol. The van der Waals surface area contributed by atoms with Gasteiger partial charge in [-0.2, -0.15) is 9.97 Å². The molecule has 0 aliphatic heterocycles. The summed E-state index contributed by atoms with van der Waals surface area (Å²) in [5, 5.41) is 3.14. The van der Waals surface area contributed by atoms with Crippen molar-refractivity contribution in [1.29, 1.82) is 0 Å². The molecule has 3 aromatic heterocycles. The van der Waals surface area contributed by atoms with Crippen molar-refractivity contribution < 1.29 is 0 Å². The lowest BCUT2D eigenvalue weighted by Crippen LogP contribution is -2.07. The van der Waals surface area contributed by atoms with Crippen molar-refractivity contribution in [1.82, 2.24) is 24.5 Å². The molecule has 108 valence electrons. The van der Waals surface area contributed by atoms with E-state index in [-0.39, 0.29) is 0 Å². The molecule has 0 aromatic carbocycles. The van der Waals surface area contributed by atoms with E-state index < -0.39 is 0 Å². The Bertz CT molecular complexity index is 741. The minimum atomic E-state index is 0.349. The van der Waals surface area contributed by atoms with Crippen molar-refractivity contribution in [3.63, 3.8) is 0 Å². The Hall–Kier alpha value is -2.41. The molecule has 0 aliphatic carbocycles. The quantitative estimate of drug-likeness (QED) is 0.696. The molecule has 0 spiro atoms. The second kappa shape index (κ2) is 5.92. The van der Waals surface area contributed by atoms with E-state index in [4.69, 9.17) is 17.3 Å². The van der Waals surface area contributed by atoms with E-state index in [9.17, 15) is 0 Å². The number of aryl methyl sites for hydroxylation is 1. The maximum absolute atomic E-state index is 5.92. The van der Waals surface area contributed by atoms with E-state index in [0.29, 0.717) is 41.9 Å². The zero-order chi connectivity index (χ0) is 14.7. The largest absolute Gasteiger partial charge is 0.382 e. The van der Waals surface area contributed by atoms with Crippen LogP contribution >= 0.6 is 11.6 Å².